The van der Waals surface area contributed by atoms with Gasteiger partial charge in [-0.15, -0.1) is 5.10 Å². The Morgan fingerprint density at radius 3 is 2.71 bits per heavy atom. The standard InChI is InChI=1S/C13H21N5O2S/c1-10-2-5-18(6-3-10)12-8-14-17-13(16-12)15-11-4-7-21(19,20)9-11/h8,10-11H,2-7,9H2,1H3,(H,15,16,17). The highest BCUT2D eigenvalue weighted by atomic mass is 32.2. The van der Waals surface area contributed by atoms with Crippen molar-refractivity contribution in [2.75, 3.05) is 34.8 Å². The van der Waals surface area contributed by atoms with Crippen LogP contribution in [0.4, 0.5) is 11.8 Å². The molecule has 0 aliphatic carbocycles. The van der Waals surface area contributed by atoms with Crippen molar-refractivity contribution in [1.29, 1.82) is 0 Å². The summed E-state index contributed by atoms with van der Waals surface area (Å²) in [6.07, 6.45) is 4.60. The van der Waals surface area contributed by atoms with Gasteiger partial charge in [-0.2, -0.15) is 10.1 Å². The summed E-state index contributed by atoms with van der Waals surface area (Å²) in [4.78, 5) is 6.69. The molecule has 8 heteroatoms. The second kappa shape index (κ2) is 5.75. The van der Waals surface area contributed by atoms with Gasteiger partial charge in [0.05, 0.1) is 17.7 Å². The molecular formula is C13H21N5O2S. The smallest absolute Gasteiger partial charge is 0.244 e. The molecule has 1 aromatic rings. The first-order chi connectivity index (χ1) is 10.0. The summed E-state index contributed by atoms with van der Waals surface area (Å²) in [5, 5.41) is 11.1. The maximum Gasteiger partial charge on any atom is 0.244 e. The van der Waals surface area contributed by atoms with Crippen LogP contribution >= 0.6 is 0 Å². The molecule has 7 nitrogen and oxygen atoms in total. The van der Waals surface area contributed by atoms with E-state index >= 15 is 0 Å². The maximum absolute atomic E-state index is 11.5. The van der Waals surface area contributed by atoms with Crippen LogP contribution in [0.2, 0.25) is 0 Å². The fourth-order valence-corrected chi connectivity index (χ4v) is 4.51. The van der Waals surface area contributed by atoms with E-state index in [0.717, 1.165) is 37.7 Å². The number of sulfone groups is 1. The Bertz CT molecular complexity index is 598. The van der Waals surface area contributed by atoms with Gasteiger partial charge in [-0.25, -0.2) is 8.42 Å². The normalized spacial score (nSPS) is 26.0. The first kappa shape index (κ1) is 14.5. The third-order valence-corrected chi connectivity index (χ3v) is 5.99. The molecule has 116 valence electrons. The van der Waals surface area contributed by atoms with Gasteiger partial charge in [0, 0.05) is 19.1 Å². The molecule has 2 aliphatic heterocycles. The van der Waals surface area contributed by atoms with Crippen molar-refractivity contribution in [2.24, 2.45) is 5.92 Å². The zero-order valence-corrected chi connectivity index (χ0v) is 13.0. The first-order valence-corrected chi connectivity index (χ1v) is 9.25. The van der Waals surface area contributed by atoms with Crippen LogP contribution in [-0.4, -0.2) is 54.2 Å². The van der Waals surface area contributed by atoms with Crippen molar-refractivity contribution in [3.05, 3.63) is 6.20 Å². The van der Waals surface area contributed by atoms with Crippen LogP contribution < -0.4 is 10.2 Å². The van der Waals surface area contributed by atoms with Crippen LogP contribution in [-0.2, 0) is 9.84 Å². The monoisotopic (exact) mass is 311 g/mol. The number of anilines is 2. The van der Waals surface area contributed by atoms with Gasteiger partial charge in [0.15, 0.2) is 15.7 Å². The largest absolute Gasteiger partial charge is 0.355 e. The Morgan fingerprint density at radius 1 is 1.29 bits per heavy atom. The average Bonchev–Trinajstić information content (AvgIpc) is 2.79. The minimum absolute atomic E-state index is 0.103. The van der Waals surface area contributed by atoms with Gasteiger partial charge >= 0.3 is 0 Å². The minimum Gasteiger partial charge on any atom is -0.355 e. The van der Waals surface area contributed by atoms with Crippen molar-refractivity contribution < 1.29 is 8.42 Å². The number of hydrogen-bond donors (Lipinski definition) is 1. The van der Waals surface area contributed by atoms with E-state index in [0.29, 0.717) is 12.4 Å². The van der Waals surface area contributed by atoms with Gasteiger partial charge in [-0.3, -0.25) is 0 Å². The van der Waals surface area contributed by atoms with Gasteiger partial charge in [0.2, 0.25) is 5.95 Å². The van der Waals surface area contributed by atoms with E-state index in [9.17, 15) is 8.42 Å². The van der Waals surface area contributed by atoms with Gasteiger partial charge in [0.25, 0.3) is 0 Å². The molecular weight excluding hydrogens is 290 g/mol. The van der Waals surface area contributed by atoms with Crippen LogP contribution in [0.5, 0.6) is 0 Å². The topological polar surface area (TPSA) is 88.1 Å². The van der Waals surface area contributed by atoms with E-state index in [2.05, 4.69) is 32.3 Å². The number of piperidine rings is 1. The lowest BCUT2D eigenvalue weighted by Gasteiger charge is -2.30. The fourth-order valence-electron chi connectivity index (χ4n) is 2.84. The van der Waals surface area contributed by atoms with Gasteiger partial charge in [-0.1, -0.05) is 6.92 Å². The molecule has 3 heterocycles. The second-order valence-corrected chi connectivity index (χ2v) is 8.28. The summed E-state index contributed by atoms with van der Waals surface area (Å²) in [6, 6.07) is -0.103. The zero-order chi connectivity index (χ0) is 14.9. The summed E-state index contributed by atoms with van der Waals surface area (Å²) in [5.41, 5.74) is 0. The highest BCUT2D eigenvalue weighted by Crippen LogP contribution is 2.22. The predicted octanol–water partition coefficient (Wildman–Crippen LogP) is 0.707. The molecule has 0 amide bonds. The average molecular weight is 311 g/mol. The van der Waals surface area contributed by atoms with Crippen molar-refractivity contribution in [1.82, 2.24) is 15.2 Å². The second-order valence-electron chi connectivity index (χ2n) is 6.05. The summed E-state index contributed by atoms with van der Waals surface area (Å²) >= 11 is 0. The number of hydrogen-bond acceptors (Lipinski definition) is 7. The molecule has 1 N–H and O–H groups in total. The van der Waals surface area contributed by atoms with E-state index in [4.69, 9.17) is 0 Å². The molecule has 1 aromatic heterocycles. The Kier molecular flexibility index (Phi) is 3.97. The summed E-state index contributed by atoms with van der Waals surface area (Å²) < 4.78 is 22.9. The van der Waals surface area contributed by atoms with Crippen molar-refractivity contribution in [2.45, 2.75) is 32.2 Å². The molecule has 2 fully saturated rings. The summed E-state index contributed by atoms with van der Waals surface area (Å²) in [7, 11) is -2.90. The lowest BCUT2D eigenvalue weighted by Crippen LogP contribution is -2.34. The third kappa shape index (κ3) is 3.61. The van der Waals surface area contributed by atoms with Crippen LogP contribution in [0.1, 0.15) is 26.2 Å². The van der Waals surface area contributed by atoms with E-state index in [1.165, 1.54) is 0 Å². The summed E-state index contributed by atoms with van der Waals surface area (Å²) in [6.45, 7) is 4.23. The van der Waals surface area contributed by atoms with Crippen LogP contribution in [0.25, 0.3) is 0 Å². The SMILES string of the molecule is CC1CCN(c2cnnc(NC3CCS(=O)(=O)C3)n2)CC1. The molecule has 2 saturated heterocycles. The third-order valence-electron chi connectivity index (χ3n) is 4.22. The van der Waals surface area contributed by atoms with Crippen LogP contribution in [0, 0.1) is 5.92 Å². The van der Waals surface area contributed by atoms with Gasteiger partial charge < -0.3 is 10.2 Å². The number of aromatic nitrogens is 3. The van der Waals surface area contributed by atoms with E-state index in [1.54, 1.807) is 6.20 Å². The molecule has 2 aliphatic rings. The predicted molar refractivity (Wildman–Crippen MR) is 81.1 cm³/mol. The number of nitrogens with one attached hydrogen (secondary N) is 1. The molecule has 0 saturated carbocycles. The molecule has 0 bridgehead atoms. The Labute approximate surface area is 125 Å². The Balaban J connectivity index is 1.66. The maximum atomic E-state index is 11.5. The molecule has 0 spiro atoms. The molecule has 0 radical (unpaired) electrons. The Hall–Kier alpha value is -1.44. The molecule has 1 unspecified atom stereocenters. The molecule has 21 heavy (non-hydrogen) atoms. The van der Waals surface area contributed by atoms with Crippen molar-refractivity contribution in [3.63, 3.8) is 0 Å². The van der Waals surface area contributed by atoms with Gasteiger partial charge in [-0.05, 0) is 25.2 Å². The van der Waals surface area contributed by atoms with Crippen LogP contribution in [0.15, 0.2) is 6.20 Å². The molecule has 0 aromatic carbocycles. The van der Waals surface area contributed by atoms with Crippen molar-refractivity contribution in [3.8, 4) is 0 Å². The lowest BCUT2D eigenvalue weighted by atomic mass is 9.99. The summed E-state index contributed by atoms with van der Waals surface area (Å²) in [5.74, 6) is 2.40. The molecule has 3 rings (SSSR count). The van der Waals surface area contributed by atoms with E-state index in [-0.39, 0.29) is 17.5 Å². The minimum atomic E-state index is -2.90. The van der Waals surface area contributed by atoms with E-state index < -0.39 is 9.84 Å². The zero-order valence-electron chi connectivity index (χ0n) is 12.2. The van der Waals surface area contributed by atoms with E-state index in [1.807, 2.05) is 0 Å². The van der Waals surface area contributed by atoms with Gasteiger partial charge in [0.1, 0.15) is 0 Å². The highest BCUT2D eigenvalue weighted by Gasteiger charge is 2.28. The Morgan fingerprint density at radius 2 is 2.05 bits per heavy atom. The number of nitrogens with zero attached hydrogens (tertiary/aromatic N) is 4. The lowest BCUT2D eigenvalue weighted by molar-refractivity contribution is 0.436. The van der Waals surface area contributed by atoms with Crippen molar-refractivity contribution >= 4 is 21.6 Å². The molecule has 1 atom stereocenters. The quantitative estimate of drug-likeness (QED) is 0.879. The number of rotatable bonds is 3. The fraction of sp³-hybridized carbons (Fsp3) is 0.769. The van der Waals surface area contributed by atoms with Crippen LogP contribution in [0.3, 0.4) is 0 Å². The highest BCUT2D eigenvalue weighted by molar-refractivity contribution is 7.91. The first-order valence-electron chi connectivity index (χ1n) is 7.43.